The lowest BCUT2D eigenvalue weighted by molar-refractivity contribution is -0.166. The molecule has 4 aromatic rings. The molecule has 1 aliphatic rings. The average Bonchev–Trinajstić information content (AvgIpc) is 3.20. The number of carbonyl (C=O) groups excluding carboxylic acids is 1. The number of halogens is 4. The summed E-state index contributed by atoms with van der Waals surface area (Å²) in [4.78, 5) is 22.7. The maximum absolute atomic E-state index is 14.2. The van der Waals surface area contributed by atoms with E-state index in [0.29, 0.717) is 42.1 Å². The van der Waals surface area contributed by atoms with Gasteiger partial charge in [0.15, 0.2) is 0 Å². The largest absolute Gasteiger partial charge is 0.399 e. The molecule has 2 heterocycles. The van der Waals surface area contributed by atoms with Crippen molar-refractivity contribution in [2.75, 3.05) is 0 Å². The number of rotatable bonds is 4. The van der Waals surface area contributed by atoms with Crippen molar-refractivity contribution >= 4 is 27.8 Å². The van der Waals surface area contributed by atoms with E-state index in [2.05, 4.69) is 15.0 Å². The standard InChI is InChI=1S/C25H22F4N4O/c26-16-6-8-19-18(12-16)17(9-10-31-19)13-1-3-14(4-2-13)22(25(27,28)29)24-32-20-7-5-15(23(30)34)11-21(20)33-24/h5-14,22H,1-4H2,(H2,30,34)(H,32,33)/t13?,14?,22-/m1/s1. The molecule has 0 unspecified atom stereocenters. The minimum absolute atomic E-state index is 0.0335. The molecule has 0 aliphatic heterocycles. The minimum atomic E-state index is -4.48. The normalized spacial score (nSPS) is 20.0. The van der Waals surface area contributed by atoms with Crippen LogP contribution in [0.25, 0.3) is 21.9 Å². The Morgan fingerprint density at radius 3 is 2.50 bits per heavy atom. The second-order valence-corrected chi connectivity index (χ2v) is 8.91. The molecule has 0 saturated heterocycles. The van der Waals surface area contributed by atoms with E-state index in [4.69, 9.17) is 5.73 Å². The van der Waals surface area contributed by atoms with Gasteiger partial charge in [-0.1, -0.05) is 0 Å². The van der Waals surface area contributed by atoms with Crippen LogP contribution in [0.2, 0.25) is 0 Å². The van der Waals surface area contributed by atoms with E-state index in [1.165, 1.54) is 30.3 Å². The summed E-state index contributed by atoms with van der Waals surface area (Å²) in [5, 5.41) is 0.709. The minimum Gasteiger partial charge on any atom is -0.366 e. The zero-order chi connectivity index (χ0) is 24.0. The molecule has 2 aromatic carbocycles. The van der Waals surface area contributed by atoms with Gasteiger partial charge in [-0.05, 0) is 85.5 Å². The zero-order valence-electron chi connectivity index (χ0n) is 18.1. The first-order valence-corrected chi connectivity index (χ1v) is 11.1. The van der Waals surface area contributed by atoms with Gasteiger partial charge in [0.1, 0.15) is 17.6 Å². The number of aromatic amines is 1. The summed E-state index contributed by atoms with van der Waals surface area (Å²) in [5.74, 6) is -3.53. The van der Waals surface area contributed by atoms with E-state index < -0.39 is 23.9 Å². The molecule has 3 N–H and O–H groups in total. The molecule has 0 radical (unpaired) electrons. The second-order valence-electron chi connectivity index (χ2n) is 8.91. The van der Waals surface area contributed by atoms with Crippen molar-refractivity contribution in [2.45, 2.75) is 43.7 Å². The maximum Gasteiger partial charge on any atom is 0.399 e. The van der Waals surface area contributed by atoms with E-state index in [0.717, 1.165) is 5.56 Å². The van der Waals surface area contributed by atoms with Gasteiger partial charge in [-0.25, -0.2) is 9.37 Å². The molecule has 9 heteroatoms. The molecule has 1 saturated carbocycles. The zero-order valence-corrected chi connectivity index (χ0v) is 18.1. The number of alkyl halides is 3. The highest BCUT2D eigenvalue weighted by Gasteiger charge is 2.48. The molecule has 1 aliphatic carbocycles. The third-order valence-electron chi connectivity index (χ3n) is 6.85. The predicted octanol–water partition coefficient (Wildman–Crippen LogP) is 5.97. The fourth-order valence-electron chi connectivity index (χ4n) is 5.23. The van der Waals surface area contributed by atoms with Crippen LogP contribution in [-0.2, 0) is 0 Å². The Morgan fingerprint density at radius 2 is 1.79 bits per heavy atom. The molecule has 5 rings (SSSR count). The van der Waals surface area contributed by atoms with Crippen LogP contribution < -0.4 is 5.73 Å². The lowest BCUT2D eigenvalue weighted by atomic mass is 9.73. The van der Waals surface area contributed by atoms with Crippen molar-refractivity contribution < 1.29 is 22.4 Å². The van der Waals surface area contributed by atoms with Gasteiger partial charge < -0.3 is 10.7 Å². The molecule has 1 fully saturated rings. The summed E-state index contributed by atoms with van der Waals surface area (Å²) in [6.45, 7) is 0. The fourth-order valence-corrected chi connectivity index (χ4v) is 5.23. The first-order valence-electron chi connectivity index (χ1n) is 11.1. The second kappa shape index (κ2) is 8.38. The molecule has 1 atom stereocenters. The Bertz CT molecular complexity index is 1370. The maximum atomic E-state index is 14.2. The van der Waals surface area contributed by atoms with Crippen LogP contribution in [0.3, 0.4) is 0 Å². The van der Waals surface area contributed by atoms with Gasteiger partial charge in [0.25, 0.3) is 0 Å². The van der Waals surface area contributed by atoms with Crippen LogP contribution in [0.1, 0.15) is 59.3 Å². The van der Waals surface area contributed by atoms with Gasteiger partial charge in [0.05, 0.1) is 16.6 Å². The Morgan fingerprint density at radius 1 is 1.03 bits per heavy atom. The summed E-state index contributed by atoms with van der Waals surface area (Å²) < 4.78 is 56.5. The summed E-state index contributed by atoms with van der Waals surface area (Å²) in [6.07, 6.45) is -0.994. The topological polar surface area (TPSA) is 84.7 Å². The number of hydrogen-bond donors (Lipinski definition) is 2. The van der Waals surface area contributed by atoms with Crippen LogP contribution in [0.5, 0.6) is 0 Å². The van der Waals surface area contributed by atoms with Gasteiger partial charge in [0, 0.05) is 17.1 Å². The first-order chi connectivity index (χ1) is 16.2. The smallest absolute Gasteiger partial charge is 0.366 e. The molecule has 1 amide bonds. The van der Waals surface area contributed by atoms with Gasteiger partial charge in [-0.15, -0.1) is 0 Å². The van der Waals surface area contributed by atoms with Crippen molar-refractivity contribution in [2.24, 2.45) is 11.7 Å². The number of amides is 1. The van der Waals surface area contributed by atoms with Crippen LogP contribution in [-0.4, -0.2) is 27.0 Å². The molecule has 0 bridgehead atoms. The van der Waals surface area contributed by atoms with Crippen molar-refractivity contribution in [3.05, 3.63) is 71.4 Å². The molecular weight excluding hydrogens is 448 g/mol. The quantitative estimate of drug-likeness (QED) is 0.361. The number of benzene rings is 2. The van der Waals surface area contributed by atoms with E-state index in [1.807, 2.05) is 6.07 Å². The van der Waals surface area contributed by atoms with Crippen LogP contribution in [0, 0.1) is 11.7 Å². The highest BCUT2D eigenvalue weighted by Crippen LogP contribution is 2.48. The highest BCUT2D eigenvalue weighted by molar-refractivity contribution is 5.96. The highest BCUT2D eigenvalue weighted by atomic mass is 19.4. The molecule has 176 valence electrons. The average molecular weight is 470 g/mol. The Balaban J connectivity index is 1.41. The fraction of sp³-hybridized carbons (Fsp3) is 0.320. The number of nitrogens with zero attached hydrogens (tertiary/aromatic N) is 2. The third-order valence-corrected chi connectivity index (χ3v) is 6.85. The van der Waals surface area contributed by atoms with Crippen LogP contribution >= 0.6 is 0 Å². The lowest BCUT2D eigenvalue weighted by Crippen LogP contribution is -2.31. The monoisotopic (exact) mass is 470 g/mol. The summed E-state index contributed by atoms with van der Waals surface area (Å²) in [5.41, 5.74) is 7.77. The molecule has 34 heavy (non-hydrogen) atoms. The van der Waals surface area contributed by atoms with Gasteiger partial charge >= 0.3 is 6.18 Å². The number of pyridine rings is 1. The van der Waals surface area contributed by atoms with Crippen LogP contribution in [0.4, 0.5) is 17.6 Å². The number of fused-ring (bicyclic) bond motifs is 2. The SMILES string of the molecule is NC(=O)c1ccc2[nH]c([C@@H](C3CCC(c4ccnc5ccc(F)cc45)CC3)C(F)(F)F)nc2c1. The van der Waals surface area contributed by atoms with Crippen molar-refractivity contribution in [1.82, 2.24) is 15.0 Å². The van der Waals surface area contributed by atoms with Gasteiger partial charge in [-0.2, -0.15) is 13.2 Å². The van der Waals surface area contributed by atoms with Gasteiger partial charge in [-0.3, -0.25) is 9.78 Å². The molecule has 0 spiro atoms. The van der Waals surface area contributed by atoms with Crippen molar-refractivity contribution in [3.8, 4) is 0 Å². The molecule has 5 nitrogen and oxygen atoms in total. The summed E-state index contributed by atoms with van der Waals surface area (Å²) >= 11 is 0. The van der Waals surface area contributed by atoms with E-state index in [9.17, 15) is 22.4 Å². The predicted molar refractivity (Wildman–Crippen MR) is 120 cm³/mol. The Labute approximate surface area is 192 Å². The summed E-state index contributed by atoms with van der Waals surface area (Å²) in [6, 6.07) is 10.6. The van der Waals surface area contributed by atoms with E-state index in [1.54, 1.807) is 12.3 Å². The molecule has 2 aromatic heterocycles. The summed E-state index contributed by atoms with van der Waals surface area (Å²) in [7, 11) is 0. The number of nitrogens with one attached hydrogen (secondary N) is 1. The van der Waals surface area contributed by atoms with Crippen molar-refractivity contribution in [3.63, 3.8) is 0 Å². The number of aromatic nitrogens is 3. The van der Waals surface area contributed by atoms with E-state index in [-0.39, 0.29) is 28.6 Å². The number of nitrogens with two attached hydrogens (primary N) is 1. The number of imidazole rings is 1. The van der Waals surface area contributed by atoms with E-state index >= 15 is 0 Å². The number of hydrogen-bond acceptors (Lipinski definition) is 3. The Kier molecular flexibility index (Phi) is 5.50. The van der Waals surface area contributed by atoms with Crippen LogP contribution in [0.15, 0.2) is 48.7 Å². The number of carbonyl (C=O) groups is 1. The number of primary amides is 1. The third kappa shape index (κ3) is 4.10. The lowest BCUT2D eigenvalue weighted by Gasteiger charge is -2.34. The Hall–Kier alpha value is -3.49. The van der Waals surface area contributed by atoms with Crippen molar-refractivity contribution in [1.29, 1.82) is 0 Å². The first kappa shape index (κ1) is 22.3. The number of H-pyrrole nitrogens is 1. The molecular formula is C25H22F4N4O. The van der Waals surface area contributed by atoms with Gasteiger partial charge in [0.2, 0.25) is 5.91 Å².